The van der Waals surface area contributed by atoms with Gasteiger partial charge in [-0.05, 0) is 33.2 Å². The molecule has 0 aromatic rings. The van der Waals surface area contributed by atoms with Crippen LogP contribution in [0.15, 0.2) is 0 Å². The summed E-state index contributed by atoms with van der Waals surface area (Å²) >= 11 is 0. The summed E-state index contributed by atoms with van der Waals surface area (Å²) in [4.78, 5) is 5.28. The highest BCUT2D eigenvalue weighted by Gasteiger charge is 2.22. The maximum Gasteiger partial charge on any atom is 0.0193 e. The standard InChI is InChI=1S/C16H35N3/c1-5-7-8-9-17-14-16(4)19-12-10-18(11-13-19)15(3)6-2/h15-17H,5-14H2,1-4H3. The van der Waals surface area contributed by atoms with Crippen molar-refractivity contribution in [3.8, 4) is 0 Å². The third kappa shape index (κ3) is 6.24. The van der Waals surface area contributed by atoms with Gasteiger partial charge in [-0.15, -0.1) is 0 Å². The molecule has 1 aliphatic rings. The topological polar surface area (TPSA) is 18.5 Å². The maximum absolute atomic E-state index is 3.61. The molecule has 0 bridgehead atoms. The van der Waals surface area contributed by atoms with Crippen LogP contribution in [0.4, 0.5) is 0 Å². The van der Waals surface area contributed by atoms with Gasteiger partial charge in [0.25, 0.3) is 0 Å². The number of unbranched alkanes of at least 4 members (excludes halogenated alkanes) is 2. The van der Waals surface area contributed by atoms with Crippen molar-refractivity contribution in [2.24, 2.45) is 0 Å². The first kappa shape index (κ1) is 16.9. The van der Waals surface area contributed by atoms with Crippen LogP contribution in [0.5, 0.6) is 0 Å². The molecule has 1 rings (SSSR count). The zero-order valence-electron chi connectivity index (χ0n) is 13.6. The second kappa shape index (κ2) is 9.73. The molecule has 3 heteroatoms. The Bertz CT molecular complexity index is 212. The molecule has 0 aromatic heterocycles. The highest BCUT2D eigenvalue weighted by molar-refractivity contribution is 4.79. The second-order valence-electron chi connectivity index (χ2n) is 6.09. The van der Waals surface area contributed by atoms with Crippen molar-refractivity contribution in [1.29, 1.82) is 0 Å². The van der Waals surface area contributed by atoms with Crippen LogP contribution < -0.4 is 5.32 Å². The van der Waals surface area contributed by atoms with Gasteiger partial charge in [-0.3, -0.25) is 9.80 Å². The highest BCUT2D eigenvalue weighted by Crippen LogP contribution is 2.10. The molecular weight excluding hydrogens is 234 g/mol. The fourth-order valence-corrected chi connectivity index (χ4v) is 2.82. The van der Waals surface area contributed by atoms with E-state index in [0.29, 0.717) is 6.04 Å². The largest absolute Gasteiger partial charge is 0.315 e. The van der Waals surface area contributed by atoms with Gasteiger partial charge in [-0.25, -0.2) is 0 Å². The van der Waals surface area contributed by atoms with Gasteiger partial charge in [-0.2, -0.15) is 0 Å². The van der Waals surface area contributed by atoms with Crippen LogP contribution in [0.1, 0.15) is 53.4 Å². The molecule has 114 valence electrons. The Balaban J connectivity index is 2.12. The Hall–Kier alpha value is -0.120. The van der Waals surface area contributed by atoms with Crippen molar-refractivity contribution in [2.75, 3.05) is 39.3 Å². The van der Waals surface area contributed by atoms with Gasteiger partial charge in [0.05, 0.1) is 0 Å². The lowest BCUT2D eigenvalue weighted by Gasteiger charge is -2.40. The summed E-state index contributed by atoms with van der Waals surface area (Å²) < 4.78 is 0. The highest BCUT2D eigenvalue weighted by atomic mass is 15.3. The normalized spacial score (nSPS) is 21.5. The van der Waals surface area contributed by atoms with Gasteiger partial charge in [0.2, 0.25) is 0 Å². The molecule has 3 nitrogen and oxygen atoms in total. The van der Waals surface area contributed by atoms with E-state index in [2.05, 4.69) is 42.8 Å². The Morgan fingerprint density at radius 3 is 2.00 bits per heavy atom. The Kier molecular flexibility index (Phi) is 8.67. The SMILES string of the molecule is CCCCCNCC(C)N1CCN(C(C)CC)CC1. The predicted molar refractivity (Wildman–Crippen MR) is 84.8 cm³/mol. The Morgan fingerprint density at radius 1 is 0.895 bits per heavy atom. The van der Waals surface area contributed by atoms with Crippen LogP contribution >= 0.6 is 0 Å². The van der Waals surface area contributed by atoms with Crippen LogP contribution in [0.25, 0.3) is 0 Å². The molecule has 0 aliphatic carbocycles. The van der Waals surface area contributed by atoms with Crippen LogP contribution in [0, 0.1) is 0 Å². The Labute approximate surface area is 120 Å². The summed E-state index contributed by atoms with van der Waals surface area (Å²) in [7, 11) is 0. The zero-order chi connectivity index (χ0) is 14.1. The van der Waals surface area contributed by atoms with Crippen LogP contribution in [-0.4, -0.2) is 61.2 Å². The lowest BCUT2D eigenvalue weighted by molar-refractivity contribution is 0.0772. The third-order valence-electron chi connectivity index (χ3n) is 4.58. The first-order valence-corrected chi connectivity index (χ1v) is 8.37. The third-order valence-corrected chi connectivity index (χ3v) is 4.58. The summed E-state index contributed by atoms with van der Waals surface area (Å²) in [5.41, 5.74) is 0. The number of hydrogen-bond acceptors (Lipinski definition) is 3. The van der Waals surface area contributed by atoms with Gasteiger partial charge in [0, 0.05) is 44.8 Å². The van der Waals surface area contributed by atoms with E-state index in [1.807, 2.05) is 0 Å². The molecule has 1 heterocycles. The molecule has 19 heavy (non-hydrogen) atoms. The van der Waals surface area contributed by atoms with Crippen molar-refractivity contribution in [3.63, 3.8) is 0 Å². The van der Waals surface area contributed by atoms with E-state index in [-0.39, 0.29) is 0 Å². The van der Waals surface area contributed by atoms with E-state index in [4.69, 9.17) is 0 Å². The minimum atomic E-state index is 0.681. The molecule has 1 fully saturated rings. The minimum absolute atomic E-state index is 0.681. The van der Waals surface area contributed by atoms with Crippen molar-refractivity contribution in [3.05, 3.63) is 0 Å². The molecule has 0 spiro atoms. The molecule has 0 saturated carbocycles. The molecule has 0 radical (unpaired) electrons. The van der Waals surface area contributed by atoms with Crippen molar-refractivity contribution < 1.29 is 0 Å². The van der Waals surface area contributed by atoms with Gasteiger partial charge in [-0.1, -0.05) is 26.7 Å². The average molecular weight is 269 g/mol. The lowest BCUT2D eigenvalue weighted by atomic mass is 10.1. The van der Waals surface area contributed by atoms with Gasteiger partial charge in [0.15, 0.2) is 0 Å². The molecule has 1 aliphatic heterocycles. The molecule has 0 aromatic carbocycles. The number of nitrogens with one attached hydrogen (secondary N) is 1. The molecule has 1 N–H and O–H groups in total. The summed E-state index contributed by atoms with van der Waals surface area (Å²) in [6.45, 7) is 16.6. The molecule has 2 atom stereocenters. The lowest BCUT2D eigenvalue weighted by Crippen LogP contribution is -2.53. The Morgan fingerprint density at radius 2 is 1.47 bits per heavy atom. The van der Waals surface area contributed by atoms with Crippen molar-refractivity contribution in [2.45, 2.75) is 65.5 Å². The molecule has 0 amide bonds. The quantitative estimate of drug-likeness (QED) is 0.649. The first-order chi connectivity index (χ1) is 9.19. The van der Waals surface area contributed by atoms with E-state index >= 15 is 0 Å². The monoisotopic (exact) mass is 269 g/mol. The minimum Gasteiger partial charge on any atom is -0.315 e. The summed E-state index contributed by atoms with van der Waals surface area (Å²) in [5, 5.41) is 3.61. The van der Waals surface area contributed by atoms with E-state index in [0.717, 1.165) is 12.6 Å². The molecular formula is C16H35N3. The molecule has 2 unspecified atom stereocenters. The fraction of sp³-hybridized carbons (Fsp3) is 1.00. The van der Waals surface area contributed by atoms with E-state index < -0.39 is 0 Å². The second-order valence-corrected chi connectivity index (χ2v) is 6.09. The summed E-state index contributed by atoms with van der Waals surface area (Å²) in [6.07, 6.45) is 5.27. The van der Waals surface area contributed by atoms with Crippen LogP contribution in [0.2, 0.25) is 0 Å². The summed E-state index contributed by atoms with van der Waals surface area (Å²) in [5.74, 6) is 0. The van der Waals surface area contributed by atoms with Crippen LogP contribution in [-0.2, 0) is 0 Å². The predicted octanol–water partition coefficient (Wildman–Crippen LogP) is 2.57. The van der Waals surface area contributed by atoms with E-state index in [1.54, 1.807) is 0 Å². The van der Waals surface area contributed by atoms with E-state index in [9.17, 15) is 0 Å². The van der Waals surface area contributed by atoms with Gasteiger partial charge >= 0.3 is 0 Å². The van der Waals surface area contributed by atoms with Crippen molar-refractivity contribution in [1.82, 2.24) is 15.1 Å². The number of nitrogens with zero attached hydrogens (tertiary/aromatic N) is 2. The average Bonchev–Trinajstić information content (AvgIpc) is 2.46. The fourth-order valence-electron chi connectivity index (χ4n) is 2.82. The van der Waals surface area contributed by atoms with Gasteiger partial charge in [0.1, 0.15) is 0 Å². The number of piperazine rings is 1. The van der Waals surface area contributed by atoms with Crippen molar-refractivity contribution >= 4 is 0 Å². The van der Waals surface area contributed by atoms with Gasteiger partial charge < -0.3 is 5.32 Å². The number of hydrogen-bond donors (Lipinski definition) is 1. The maximum atomic E-state index is 3.61. The number of rotatable bonds is 9. The smallest absolute Gasteiger partial charge is 0.0193 e. The van der Waals surface area contributed by atoms with E-state index in [1.165, 1.54) is 58.4 Å². The first-order valence-electron chi connectivity index (χ1n) is 8.37. The summed E-state index contributed by atoms with van der Waals surface area (Å²) in [6, 6.07) is 1.44. The van der Waals surface area contributed by atoms with Crippen LogP contribution in [0.3, 0.4) is 0 Å². The molecule has 1 saturated heterocycles. The zero-order valence-corrected chi connectivity index (χ0v) is 13.6.